The molecule has 21 heavy (non-hydrogen) atoms. The number of rotatable bonds is 2. The van der Waals surface area contributed by atoms with Gasteiger partial charge in [-0.2, -0.15) is 4.98 Å². The maximum atomic E-state index is 12.2. The van der Waals surface area contributed by atoms with E-state index in [2.05, 4.69) is 15.3 Å². The van der Waals surface area contributed by atoms with Gasteiger partial charge in [0.25, 0.3) is 5.56 Å². The van der Waals surface area contributed by atoms with E-state index in [0.29, 0.717) is 11.3 Å². The van der Waals surface area contributed by atoms with Gasteiger partial charge in [0, 0.05) is 12.3 Å². The summed E-state index contributed by atoms with van der Waals surface area (Å²) < 4.78 is 5.19. The van der Waals surface area contributed by atoms with Gasteiger partial charge in [-0.25, -0.2) is 0 Å². The zero-order valence-corrected chi connectivity index (χ0v) is 11.3. The molecule has 1 atom stereocenters. The van der Waals surface area contributed by atoms with Crippen LogP contribution >= 0.6 is 0 Å². The number of hydrogen-bond donors (Lipinski definition) is 3. The van der Waals surface area contributed by atoms with Crippen molar-refractivity contribution in [2.45, 2.75) is 12.3 Å². The number of H-pyrrole nitrogens is 1. The Kier molecular flexibility index (Phi) is 3.09. The fourth-order valence-corrected chi connectivity index (χ4v) is 2.53. The first kappa shape index (κ1) is 13.2. The van der Waals surface area contributed by atoms with Gasteiger partial charge in [0.2, 0.25) is 11.9 Å². The number of ether oxygens (including phenoxy) is 1. The molecule has 0 fully saturated rings. The van der Waals surface area contributed by atoms with E-state index in [1.54, 1.807) is 13.2 Å². The Balaban J connectivity index is 2.16. The molecule has 3 rings (SSSR count). The largest absolute Gasteiger partial charge is 0.497 e. The van der Waals surface area contributed by atoms with Crippen LogP contribution in [-0.2, 0) is 4.79 Å². The number of fused-ring (bicyclic) bond motifs is 1. The Hall–Kier alpha value is -2.83. The molecule has 1 aromatic heterocycles. The van der Waals surface area contributed by atoms with Crippen LogP contribution in [0.5, 0.6) is 5.75 Å². The van der Waals surface area contributed by atoms with E-state index in [1.807, 2.05) is 18.2 Å². The van der Waals surface area contributed by atoms with Crippen LogP contribution in [0.4, 0.5) is 11.8 Å². The second-order valence-electron chi connectivity index (χ2n) is 4.79. The summed E-state index contributed by atoms with van der Waals surface area (Å²) in [4.78, 5) is 30.5. The standard InChI is InChI=1S/C14H14N4O3/c1-21-8-4-2-3-7(5-8)9-6-10(19)16-12-11(9)13(20)18-14(15)17-12/h2-5,9H,6H2,1H3,(H4,15,16,17,18,19,20)/t9-/m0/s1. The molecule has 2 heterocycles. The number of nitrogens with zero attached hydrogens (tertiary/aromatic N) is 1. The summed E-state index contributed by atoms with van der Waals surface area (Å²) in [6.45, 7) is 0. The third-order valence-corrected chi connectivity index (χ3v) is 3.47. The number of hydrogen-bond acceptors (Lipinski definition) is 5. The van der Waals surface area contributed by atoms with Crippen LogP contribution < -0.4 is 21.3 Å². The first-order chi connectivity index (χ1) is 10.1. The van der Waals surface area contributed by atoms with E-state index in [1.165, 1.54) is 0 Å². The van der Waals surface area contributed by atoms with Crippen LogP contribution in [0.25, 0.3) is 0 Å². The number of amides is 1. The fraction of sp³-hybridized carbons (Fsp3) is 0.214. The number of nitrogens with one attached hydrogen (secondary N) is 2. The van der Waals surface area contributed by atoms with Crippen molar-refractivity contribution in [1.29, 1.82) is 0 Å². The lowest BCUT2D eigenvalue weighted by atomic mass is 9.87. The molecular formula is C14H14N4O3. The van der Waals surface area contributed by atoms with Gasteiger partial charge in [-0.05, 0) is 17.7 Å². The van der Waals surface area contributed by atoms with E-state index < -0.39 is 0 Å². The Morgan fingerprint density at radius 2 is 2.19 bits per heavy atom. The molecule has 0 unspecified atom stereocenters. The monoisotopic (exact) mass is 286 g/mol. The number of carbonyl (C=O) groups excluding carboxylic acids is 1. The van der Waals surface area contributed by atoms with Crippen molar-refractivity contribution in [3.05, 3.63) is 45.7 Å². The van der Waals surface area contributed by atoms with Gasteiger partial charge in [-0.15, -0.1) is 0 Å². The molecular weight excluding hydrogens is 272 g/mol. The molecule has 0 saturated carbocycles. The number of nitrogens with two attached hydrogens (primary N) is 1. The number of methoxy groups -OCH3 is 1. The van der Waals surface area contributed by atoms with Crippen LogP contribution in [0.15, 0.2) is 29.1 Å². The lowest BCUT2D eigenvalue weighted by molar-refractivity contribution is -0.116. The maximum Gasteiger partial charge on any atom is 0.258 e. The quantitative estimate of drug-likeness (QED) is 0.757. The van der Waals surface area contributed by atoms with E-state index in [0.717, 1.165) is 5.56 Å². The van der Waals surface area contributed by atoms with Crippen LogP contribution in [0.3, 0.4) is 0 Å². The summed E-state index contributed by atoms with van der Waals surface area (Å²) in [7, 11) is 1.57. The number of aromatic nitrogens is 2. The molecule has 0 radical (unpaired) electrons. The zero-order valence-electron chi connectivity index (χ0n) is 11.3. The summed E-state index contributed by atoms with van der Waals surface area (Å²) in [5, 5.41) is 2.59. The molecule has 1 aliphatic rings. The average Bonchev–Trinajstić information content (AvgIpc) is 2.45. The Bertz CT molecular complexity index is 769. The molecule has 1 amide bonds. The van der Waals surface area contributed by atoms with Gasteiger partial charge in [-0.1, -0.05) is 12.1 Å². The normalized spacial score (nSPS) is 17.0. The highest BCUT2D eigenvalue weighted by molar-refractivity contribution is 5.94. The number of aromatic amines is 1. The van der Waals surface area contributed by atoms with Crippen LogP contribution in [0, 0.1) is 0 Å². The number of carbonyl (C=O) groups is 1. The maximum absolute atomic E-state index is 12.2. The van der Waals surface area contributed by atoms with Crippen LogP contribution in [-0.4, -0.2) is 23.0 Å². The summed E-state index contributed by atoms with van der Waals surface area (Å²) in [6, 6.07) is 7.28. The van der Waals surface area contributed by atoms with Crippen molar-refractivity contribution in [1.82, 2.24) is 9.97 Å². The SMILES string of the molecule is COc1cccc([C@@H]2CC(=O)Nc3nc(N)[nH]c(=O)c32)c1. The Morgan fingerprint density at radius 3 is 2.95 bits per heavy atom. The summed E-state index contributed by atoms with van der Waals surface area (Å²) >= 11 is 0. The van der Waals surface area contributed by atoms with Crippen LogP contribution in [0.2, 0.25) is 0 Å². The molecule has 4 N–H and O–H groups in total. The highest BCUT2D eigenvalue weighted by Crippen LogP contribution is 2.34. The topological polar surface area (TPSA) is 110 Å². The summed E-state index contributed by atoms with van der Waals surface area (Å²) in [5.74, 6) is 0.291. The molecule has 108 valence electrons. The molecule has 2 aromatic rings. The number of nitrogen functional groups attached to an aromatic ring is 1. The number of benzene rings is 1. The Labute approximate surface area is 120 Å². The third kappa shape index (κ3) is 2.33. The van der Waals surface area contributed by atoms with E-state index in [-0.39, 0.29) is 35.6 Å². The first-order valence-electron chi connectivity index (χ1n) is 6.42. The highest BCUT2D eigenvalue weighted by Gasteiger charge is 2.30. The van der Waals surface area contributed by atoms with Crippen molar-refractivity contribution in [3.63, 3.8) is 0 Å². The van der Waals surface area contributed by atoms with Crippen molar-refractivity contribution >= 4 is 17.7 Å². The molecule has 7 heteroatoms. The van der Waals surface area contributed by atoms with E-state index in [4.69, 9.17) is 10.5 Å². The molecule has 0 aliphatic carbocycles. The van der Waals surface area contributed by atoms with Gasteiger partial charge >= 0.3 is 0 Å². The minimum atomic E-state index is -0.374. The minimum Gasteiger partial charge on any atom is -0.497 e. The average molecular weight is 286 g/mol. The molecule has 0 saturated heterocycles. The molecule has 7 nitrogen and oxygen atoms in total. The smallest absolute Gasteiger partial charge is 0.258 e. The van der Waals surface area contributed by atoms with E-state index in [9.17, 15) is 9.59 Å². The lowest BCUT2D eigenvalue weighted by Crippen LogP contribution is -2.31. The second-order valence-corrected chi connectivity index (χ2v) is 4.79. The third-order valence-electron chi connectivity index (χ3n) is 3.47. The predicted molar refractivity (Wildman–Crippen MR) is 77.4 cm³/mol. The van der Waals surface area contributed by atoms with Gasteiger partial charge in [0.15, 0.2) is 0 Å². The van der Waals surface area contributed by atoms with E-state index >= 15 is 0 Å². The van der Waals surface area contributed by atoms with Crippen molar-refractivity contribution in [2.24, 2.45) is 0 Å². The summed E-state index contributed by atoms with van der Waals surface area (Å²) in [5.41, 5.74) is 6.41. The lowest BCUT2D eigenvalue weighted by Gasteiger charge is -2.24. The number of anilines is 2. The minimum absolute atomic E-state index is 0.0228. The van der Waals surface area contributed by atoms with Crippen LogP contribution in [0.1, 0.15) is 23.5 Å². The van der Waals surface area contributed by atoms with Gasteiger partial charge < -0.3 is 15.8 Å². The summed E-state index contributed by atoms with van der Waals surface area (Å²) in [6.07, 6.45) is 0.175. The van der Waals surface area contributed by atoms with Gasteiger partial charge in [0.1, 0.15) is 11.6 Å². The molecule has 1 aliphatic heterocycles. The van der Waals surface area contributed by atoms with Crippen molar-refractivity contribution in [2.75, 3.05) is 18.2 Å². The van der Waals surface area contributed by atoms with Gasteiger partial charge in [-0.3, -0.25) is 14.6 Å². The van der Waals surface area contributed by atoms with Crippen molar-refractivity contribution in [3.8, 4) is 5.75 Å². The van der Waals surface area contributed by atoms with Gasteiger partial charge in [0.05, 0.1) is 12.7 Å². The molecule has 0 bridgehead atoms. The Morgan fingerprint density at radius 1 is 1.38 bits per heavy atom. The molecule has 0 spiro atoms. The fourth-order valence-electron chi connectivity index (χ4n) is 2.53. The highest BCUT2D eigenvalue weighted by atomic mass is 16.5. The second kappa shape index (κ2) is 4.93. The zero-order chi connectivity index (χ0) is 15.0. The van der Waals surface area contributed by atoms with Crippen molar-refractivity contribution < 1.29 is 9.53 Å². The molecule has 1 aromatic carbocycles. The predicted octanol–water partition coefficient (Wildman–Crippen LogP) is 0.835. The first-order valence-corrected chi connectivity index (χ1v) is 6.42.